The van der Waals surface area contributed by atoms with E-state index in [4.69, 9.17) is 0 Å². The van der Waals surface area contributed by atoms with Crippen molar-refractivity contribution in [1.29, 1.82) is 0 Å². The number of rotatable bonds is 4. The molecule has 1 fully saturated rings. The second kappa shape index (κ2) is 6.66. The molecule has 1 heterocycles. The zero-order chi connectivity index (χ0) is 13.0. The van der Waals surface area contributed by atoms with E-state index >= 15 is 0 Å². The third-order valence-electron chi connectivity index (χ3n) is 3.34. The van der Waals surface area contributed by atoms with E-state index in [2.05, 4.69) is 51.3 Å². The minimum Gasteiger partial charge on any atom is -0.391 e. The molecule has 1 unspecified atom stereocenters. The summed E-state index contributed by atoms with van der Waals surface area (Å²) in [7, 11) is 0. The number of aliphatic hydroxyl groups excluding tert-OH is 1. The molecule has 100 valence electrons. The molecule has 18 heavy (non-hydrogen) atoms. The Morgan fingerprint density at radius 2 is 2.11 bits per heavy atom. The van der Waals surface area contributed by atoms with Crippen LogP contribution in [0.25, 0.3) is 0 Å². The quantitative estimate of drug-likeness (QED) is 0.886. The summed E-state index contributed by atoms with van der Waals surface area (Å²) < 4.78 is 1.10. The third-order valence-corrected chi connectivity index (χ3v) is 4.08. The summed E-state index contributed by atoms with van der Waals surface area (Å²) in [4.78, 5) is 2.32. The highest BCUT2D eigenvalue weighted by molar-refractivity contribution is 9.10. The van der Waals surface area contributed by atoms with Crippen LogP contribution in [0.2, 0.25) is 0 Å². The maximum atomic E-state index is 10.2. The van der Waals surface area contributed by atoms with Crippen LogP contribution in [0.1, 0.15) is 11.1 Å². The predicted octanol–water partition coefficient (Wildman–Crippen LogP) is 1.57. The van der Waals surface area contributed by atoms with Crippen molar-refractivity contribution in [2.75, 3.05) is 32.7 Å². The molecule has 2 N–H and O–H groups in total. The third kappa shape index (κ3) is 4.05. The molecular formula is C14H21BrN2O. The highest BCUT2D eigenvalue weighted by atomic mass is 79.9. The predicted molar refractivity (Wildman–Crippen MR) is 77.9 cm³/mol. The number of piperazine rings is 1. The topological polar surface area (TPSA) is 35.5 Å². The lowest BCUT2D eigenvalue weighted by atomic mass is 10.1. The van der Waals surface area contributed by atoms with Crippen molar-refractivity contribution >= 4 is 15.9 Å². The lowest BCUT2D eigenvalue weighted by molar-refractivity contribution is 0.105. The van der Waals surface area contributed by atoms with Gasteiger partial charge in [-0.2, -0.15) is 0 Å². The molecule has 2 rings (SSSR count). The van der Waals surface area contributed by atoms with E-state index in [1.807, 2.05) is 0 Å². The summed E-state index contributed by atoms with van der Waals surface area (Å²) in [5, 5.41) is 13.5. The highest BCUT2D eigenvalue weighted by Gasteiger charge is 2.15. The smallest absolute Gasteiger partial charge is 0.0707 e. The minimum atomic E-state index is -0.290. The first kappa shape index (κ1) is 14.0. The van der Waals surface area contributed by atoms with Crippen molar-refractivity contribution in [3.05, 3.63) is 33.8 Å². The van der Waals surface area contributed by atoms with Crippen molar-refractivity contribution in [2.45, 2.75) is 19.4 Å². The summed E-state index contributed by atoms with van der Waals surface area (Å²) in [5.74, 6) is 0. The summed E-state index contributed by atoms with van der Waals surface area (Å²) >= 11 is 3.57. The average Bonchev–Trinajstić information content (AvgIpc) is 2.34. The molecule has 4 heteroatoms. The number of aryl methyl sites for hydroxylation is 1. The van der Waals surface area contributed by atoms with Gasteiger partial charge < -0.3 is 10.4 Å². The first-order valence-corrected chi connectivity index (χ1v) is 7.30. The van der Waals surface area contributed by atoms with E-state index in [0.717, 1.165) is 37.2 Å². The van der Waals surface area contributed by atoms with Crippen molar-refractivity contribution in [3.63, 3.8) is 0 Å². The van der Waals surface area contributed by atoms with Crippen molar-refractivity contribution in [1.82, 2.24) is 10.2 Å². The van der Waals surface area contributed by atoms with Crippen LogP contribution in [0, 0.1) is 6.92 Å². The van der Waals surface area contributed by atoms with Gasteiger partial charge >= 0.3 is 0 Å². The Labute approximate surface area is 117 Å². The fraction of sp³-hybridized carbons (Fsp3) is 0.571. The van der Waals surface area contributed by atoms with Crippen LogP contribution in [0.5, 0.6) is 0 Å². The van der Waals surface area contributed by atoms with Crippen molar-refractivity contribution in [2.24, 2.45) is 0 Å². The first-order valence-electron chi connectivity index (χ1n) is 6.51. The molecule has 1 atom stereocenters. The number of benzene rings is 1. The minimum absolute atomic E-state index is 0.290. The first-order chi connectivity index (χ1) is 8.65. The van der Waals surface area contributed by atoms with Gasteiger partial charge in [0.25, 0.3) is 0 Å². The molecule has 0 saturated carbocycles. The normalized spacial score (nSPS) is 18.8. The molecule has 0 bridgehead atoms. The summed E-state index contributed by atoms with van der Waals surface area (Å²) in [5.41, 5.74) is 2.42. The Kier molecular flexibility index (Phi) is 5.18. The molecule has 1 aliphatic rings. The molecule has 1 saturated heterocycles. The number of halogens is 1. The lowest BCUT2D eigenvalue weighted by Gasteiger charge is -2.29. The van der Waals surface area contributed by atoms with E-state index in [9.17, 15) is 5.11 Å². The van der Waals surface area contributed by atoms with Gasteiger partial charge in [0, 0.05) is 43.6 Å². The molecule has 0 radical (unpaired) electrons. The van der Waals surface area contributed by atoms with E-state index in [0.29, 0.717) is 6.42 Å². The van der Waals surface area contributed by atoms with E-state index in [-0.39, 0.29) is 6.10 Å². The molecule has 1 aromatic carbocycles. The zero-order valence-corrected chi connectivity index (χ0v) is 12.4. The standard InChI is InChI=1S/C14H21BrN2O/c1-11-2-3-12(14(15)8-11)9-13(18)10-17-6-4-16-5-7-17/h2-3,8,13,16,18H,4-7,9-10H2,1H3. The van der Waals surface area contributed by atoms with Gasteiger partial charge in [-0.3, -0.25) is 4.90 Å². The van der Waals surface area contributed by atoms with Crippen LogP contribution in [0.4, 0.5) is 0 Å². The number of hydrogen-bond acceptors (Lipinski definition) is 3. The van der Waals surface area contributed by atoms with Gasteiger partial charge in [0.15, 0.2) is 0 Å². The Bertz CT molecular complexity index is 391. The molecule has 1 aromatic rings. The van der Waals surface area contributed by atoms with E-state index in [1.54, 1.807) is 0 Å². The largest absolute Gasteiger partial charge is 0.391 e. The lowest BCUT2D eigenvalue weighted by Crippen LogP contribution is -2.46. The number of hydrogen-bond donors (Lipinski definition) is 2. The van der Waals surface area contributed by atoms with Gasteiger partial charge in [0.1, 0.15) is 0 Å². The Morgan fingerprint density at radius 3 is 2.78 bits per heavy atom. The van der Waals surface area contributed by atoms with Crippen LogP contribution in [-0.2, 0) is 6.42 Å². The zero-order valence-electron chi connectivity index (χ0n) is 10.8. The van der Waals surface area contributed by atoms with Crippen molar-refractivity contribution < 1.29 is 5.11 Å². The maximum absolute atomic E-state index is 10.2. The van der Waals surface area contributed by atoms with Crippen LogP contribution < -0.4 is 5.32 Å². The number of aliphatic hydroxyl groups is 1. The Balaban J connectivity index is 1.87. The Hall–Kier alpha value is -0.420. The fourth-order valence-electron chi connectivity index (χ4n) is 2.33. The molecule has 3 nitrogen and oxygen atoms in total. The van der Waals surface area contributed by atoms with Crippen LogP contribution in [0.3, 0.4) is 0 Å². The molecule has 0 spiro atoms. The number of β-amino-alcohol motifs (C(OH)–C–C–N with tert-alkyl or cyclic N) is 1. The molecule has 1 aliphatic heterocycles. The van der Waals surface area contributed by atoms with E-state index < -0.39 is 0 Å². The van der Waals surface area contributed by atoms with Crippen LogP contribution in [0.15, 0.2) is 22.7 Å². The van der Waals surface area contributed by atoms with Gasteiger partial charge in [0.2, 0.25) is 0 Å². The van der Waals surface area contributed by atoms with Gasteiger partial charge in [-0.05, 0) is 24.1 Å². The van der Waals surface area contributed by atoms with Gasteiger partial charge in [0.05, 0.1) is 6.10 Å². The van der Waals surface area contributed by atoms with Crippen molar-refractivity contribution in [3.8, 4) is 0 Å². The highest BCUT2D eigenvalue weighted by Crippen LogP contribution is 2.20. The van der Waals surface area contributed by atoms with E-state index in [1.165, 1.54) is 11.1 Å². The molecule has 0 aromatic heterocycles. The van der Waals surface area contributed by atoms with Crippen LogP contribution >= 0.6 is 15.9 Å². The molecule has 0 aliphatic carbocycles. The summed E-state index contributed by atoms with van der Waals surface area (Å²) in [6.45, 7) is 6.97. The number of nitrogens with zero attached hydrogens (tertiary/aromatic N) is 1. The molecule has 0 amide bonds. The fourth-order valence-corrected chi connectivity index (χ4v) is 2.98. The summed E-state index contributed by atoms with van der Waals surface area (Å²) in [6, 6.07) is 6.30. The second-order valence-electron chi connectivity index (χ2n) is 5.00. The van der Waals surface area contributed by atoms with Gasteiger partial charge in [-0.1, -0.05) is 28.1 Å². The molecular weight excluding hydrogens is 292 g/mol. The average molecular weight is 313 g/mol. The van der Waals surface area contributed by atoms with Gasteiger partial charge in [-0.25, -0.2) is 0 Å². The Morgan fingerprint density at radius 1 is 1.39 bits per heavy atom. The van der Waals surface area contributed by atoms with Gasteiger partial charge in [-0.15, -0.1) is 0 Å². The SMILES string of the molecule is Cc1ccc(CC(O)CN2CCNCC2)c(Br)c1. The summed E-state index contributed by atoms with van der Waals surface area (Å²) in [6.07, 6.45) is 0.423. The number of nitrogens with one attached hydrogen (secondary N) is 1. The second-order valence-corrected chi connectivity index (χ2v) is 5.86. The van der Waals surface area contributed by atoms with Crippen LogP contribution in [-0.4, -0.2) is 48.8 Å². The monoisotopic (exact) mass is 312 g/mol. The maximum Gasteiger partial charge on any atom is 0.0707 e.